The van der Waals surface area contributed by atoms with Gasteiger partial charge in [-0.2, -0.15) is 11.3 Å². The Bertz CT molecular complexity index is 758. The third kappa shape index (κ3) is 5.23. The van der Waals surface area contributed by atoms with Crippen LogP contribution in [0.5, 0.6) is 11.5 Å². The van der Waals surface area contributed by atoms with Crippen molar-refractivity contribution in [2.45, 2.75) is 44.6 Å². The lowest BCUT2D eigenvalue weighted by molar-refractivity contribution is -0.123. The number of aliphatic hydroxyl groups excluding tert-OH is 1. The minimum atomic E-state index is -0.243. The maximum Gasteiger partial charge on any atom is 0.257 e. The van der Waals surface area contributed by atoms with Crippen LogP contribution in [0.2, 0.25) is 0 Å². The Balaban J connectivity index is 1.46. The number of para-hydroxylation sites is 1. The summed E-state index contributed by atoms with van der Waals surface area (Å²) in [6, 6.07) is 7.87. The van der Waals surface area contributed by atoms with E-state index in [9.17, 15) is 9.90 Å². The van der Waals surface area contributed by atoms with Gasteiger partial charge in [-0.15, -0.1) is 0 Å². The number of ether oxygens (including phenoxy) is 2. The molecule has 2 aromatic rings. The van der Waals surface area contributed by atoms with E-state index in [4.69, 9.17) is 9.47 Å². The van der Waals surface area contributed by atoms with Gasteiger partial charge >= 0.3 is 0 Å². The van der Waals surface area contributed by atoms with Crippen LogP contribution in [0.1, 0.15) is 43.7 Å². The summed E-state index contributed by atoms with van der Waals surface area (Å²) in [5.74, 6) is 1.47. The molecule has 1 aromatic carbocycles. The molecule has 2 N–H and O–H groups in total. The van der Waals surface area contributed by atoms with Crippen LogP contribution in [-0.2, 0) is 11.2 Å². The molecule has 0 bridgehead atoms. The molecule has 5 nitrogen and oxygen atoms in total. The predicted octanol–water partition coefficient (Wildman–Crippen LogP) is 3.51. The number of carbonyl (C=O) groups is 1. The molecule has 1 aliphatic rings. The minimum absolute atomic E-state index is 0.0383. The first kappa shape index (κ1) is 19.7. The molecular formula is C21H27NO4S. The molecule has 0 radical (unpaired) electrons. The highest BCUT2D eigenvalue weighted by molar-refractivity contribution is 7.07. The average Bonchev–Trinajstić information content (AvgIpc) is 3.25. The van der Waals surface area contributed by atoms with Gasteiger partial charge in [0, 0.05) is 25.1 Å². The number of fused-ring (bicyclic) bond motifs is 1. The van der Waals surface area contributed by atoms with Gasteiger partial charge < -0.3 is 19.9 Å². The second kappa shape index (κ2) is 8.76. The van der Waals surface area contributed by atoms with Gasteiger partial charge in [-0.05, 0) is 61.1 Å². The number of rotatable bonds is 9. The number of carbonyl (C=O) groups excluding carboxylic acids is 1. The largest absolute Gasteiger partial charge is 0.483 e. The molecule has 0 unspecified atom stereocenters. The summed E-state index contributed by atoms with van der Waals surface area (Å²) >= 11 is 1.65. The van der Waals surface area contributed by atoms with Gasteiger partial charge in [0.25, 0.3) is 5.91 Å². The van der Waals surface area contributed by atoms with Crippen LogP contribution in [0.3, 0.4) is 0 Å². The van der Waals surface area contributed by atoms with E-state index in [1.54, 1.807) is 11.3 Å². The lowest BCUT2D eigenvalue weighted by Crippen LogP contribution is -2.30. The number of aliphatic hydroxyl groups is 1. The molecule has 0 fully saturated rings. The summed E-state index contributed by atoms with van der Waals surface area (Å²) in [6.45, 7) is 4.75. The molecular weight excluding hydrogens is 362 g/mol. The average molecular weight is 390 g/mol. The molecule has 27 heavy (non-hydrogen) atoms. The highest BCUT2D eigenvalue weighted by atomic mass is 32.1. The van der Waals surface area contributed by atoms with Crippen LogP contribution >= 0.6 is 11.3 Å². The molecule has 3 rings (SSSR count). The first-order valence-corrected chi connectivity index (χ1v) is 10.3. The zero-order chi connectivity index (χ0) is 19.3. The zero-order valence-corrected chi connectivity index (χ0v) is 16.7. The third-order valence-corrected chi connectivity index (χ3v) is 5.42. The second-order valence-corrected chi connectivity index (χ2v) is 8.26. The summed E-state index contributed by atoms with van der Waals surface area (Å²) in [6.07, 6.45) is 2.33. The summed E-state index contributed by atoms with van der Waals surface area (Å²) in [4.78, 5) is 12.1. The highest BCUT2D eigenvalue weighted by Crippen LogP contribution is 2.41. The number of benzene rings is 1. The quantitative estimate of drug-likeness (QED) is 0.689. The third-order valence-electron chi connectivity index (χ3n) is 4.72. The Morgan fingerprint density at radius 2 is 2.22 bits per heavy atom. The maximum atomic E-state index is 12.1. The van der Waals surface area contributed by atoms with Crippen molar-refractivity contribution in [2.75, 3.05) is 19.8 Å². The summed E-state index contributed by atoms with van der Waals surface area (Å²) in [7, 11) is 0. The molecule has 146 valence electrons. The van der Waals surface area contributed by atoms with Crippen LogP contribution in [0, 0.1) is 0 Å². The topological polar surface area (TPSA) is 67.8 Å². The van der Waals surface area contributed by atoms with Crippen LogP contribution < -0.4 is 14.8 Å². The molecule has 2 heterocycles. The number of amides is 1. The van der Waals surface area contributed by atoms with Gasteiger partial charge in [0.05, 0.1) is 0 Å². The molecule has 1 atom stereocenters. The normalized spacial score (nSPS) is 15.7. The van der Waals surface area contributed by atoms with E-state index in [2.05, 4.69) is 16.8 Å². The molecule has 6 heteroatoms. The van der Waals surface area contributed by atoms with E-state index in [1.165, 1.54) is 5.56 Å². The lowest BCUT2D eigenvalue weighted by Gasteiger charge is -2.18. The van der Waals surface area contributed by atoms with Crippen LogP contribution in [-0.4, -0.2) is 36.4 Å². The van der Waals surface area contributed by atoms with Crippen molar-refractivity contribution in [3.63, 3.8) is 0 Å². The van der Waals surface area contributed by atoms with Gasteiger partial charge in [-0.3, -0.25) is 4.79 Å². The van der Waals surface area contributed by atoms with E-state index < -0.39 is 0 Å². The SMILES string of the molecule is CC1(C)Cc2cccc(OCC(=O)NCC[C@@H](CCO)c3ccsc3)c2O1. The zero-order valence-electron chi connectivity index (χ0n) is 15.9. The van der Waals surface area contributed by atoms with E-state index in [0.717, 1.165) is 24.2 Å². The molecule has 1 aromatic heterocycles. The molecule has 0 saturated heterocycles. The standard InChI is InChI=1S/C21H27NO4S/c1-21(2)12-16-4-3-5-18(20(16)26-21)25-13-19(24)22-9-6-15(7-10-23)17-8-11-27-14-17/h3-5,8,11,14-15,23H,6-7,9-10,12-13H2,1-2H3,(H,22,24)/t15-/m0/s1. The van der Waals surface area contributed by atoms with Gasteiger partial charge in [0.2, 0.25) is 0 Å². The van der Waals surface area contributed by atoms with Crippen molar-refractivity contribution in [3.8, 4) is 11.5 Å². The predicted molar refractivity (Wildman–Crippen MR) is 107 cm³/mol. The molecule has 0 saturated carbocycles. The van der Waals surface area contributed by atoms with Crippen LogP contribution in [0.4, 0.5) is 0 Å². The monoisotopic (exact) mass is 389 g/mol. The number of hydrogen-bond acceptors (Lipinski definition) is 5. The Morgan fingerprint density at radius 3 is 2.96 bits per heavy atom. The van der Waals surface area contributed by atoms with E-state index in [1.807, 2.05) is 37.4 Å². The Kier molecular flexibility index (Phi) is 6.39. The Morgan fingerprint density at radius 1 is 1.37 bits per heavy atom. The van der Waals surface area contributed by atoms with Crippen LogP contribution in [0.15, 0.2) is 35.0 Å². The van der Waals surface area contributed by atoms with E-state index in [0.29, 0.717) is 18.7 Å². The van der Waals surface area contributed by atoms with E-state index >= 15 is 0 Å². The number of hydrogen-bond donors (Lipinski definition) is 2. The van der Waals surface area contributed by atoms with Gasteiger partial charge in [-0.1, -0.05) is 12.1 Å². The Hall–Kier alpha value is -2.05. The highest BCUT2D eigenvalue weighted by Gasteiger charge is 2.32. The van der Waals surface area contributed by atoms with Gasteiger partial charge in [0.1, 0.15) is 5.60 Å². The summed E-state index contributed by atoms with van der Waals surface area (Å²) in [5.41, 5.74) is 2.09. The minimum Gasteiger partial charge on any atom is -0.483 e. The first-order chi connectivity index (χ1) is 13.0. The van der Waals surface area contributed by atoms with Crippen molar-refractivity contribution in [1.82, 2.24) is 5.32 Å². The number of nitrogens with one attached hydrogen (secondary N) is 1. The van der Waals surface area contributed by atoms with Crippen molar-refractivity contribution in [3.05, 3.63) is 46.2 Å². The number of thiophene rings is 1. The van der Waals surface area contributed by atoms with Crippen LogP contribution in [0.25, 0.3) is 0 Å². The fourth-order valence-electron chi connectivity index (χ4n) is 3.42. The molecule has 0 aliphatic carbocycles. The molecule has 0 spiro atoms. The smallest absolute Gasteiger partial charge is 0.257 e. The Labute approximate surface area is 164 Å². The molecule has 1 amide bonds. The molecule has 1 aliphatic heterocycles. The maximum absolute atomic E-state index is 12.1. The van der Waals surface area contributed by atoms with Gasteiger partial charge in [-0.25, -0.2) is 0 Å². The van der Waals surface area contributed by atoms with Crippen molar-refractivity contribution in [2.24, 2.45) is 0 Å². The van der Waals surface area contributed by atoms with Crippen molar-refractivity contribution >= 4 is 17.2 Å². The summed E-state index contributed by atoms with van der Waals surface area (Å²) in [5, 5.41) is 16.3. The first-order valence-electron chi connectivity index (χ1n) is 9.32. The fraction of sp³-hybridized carbons (Fsp3) is 0.476. The fourth-order valence-corrected chi connectivity index (χ4v) is 4.16. The second-order valence-electron chi connectivity index (χ2n) is 7.48. The van der Waals surface area contributed by atoms with Crippen molar-refractivity contribution < 1.29 is 19.4 Å². The van der Waals surface area contributed by atoms with Crippen molar-refractivity contribution in [1.29, 1.82) is 0 Å². The summed E-state index contributed by atoms with van der Waals surface area (Å²) < 4.78 is 11.7. The lowest BCUT2D eigenvalue weighted by atomic mass is 9.95. The van der Waals surface area contributed by atoms with E-state index in [-0.39, 0.29) is 30.6 Å². The van der Waals surface area contributed by atoms with Gasteiger partial charge in [0.15, 0.2) is 18.1 Å².